The summed E-state index contributed by atoms with van der Waals surface area (Å²) in [7, 11) is -3.04. The van der Waals surface area contributed by atoms with E-state index in [0.717, 1.165) is 11.1 Å². The Kier molecular flexibility index (Phi) is 2.56. The molecule has 82 valence electrons. The first-order chi connectivity index (χ1) is 7.00. The molecule has 3 nitrogen and oxygen atoms in total. The topological polar surface area (TPSA) is 60.2 Å². The van der Waals surface area contributed by atoms with E-state index in [1.165, 1.54) is 0 Å². The molecular formula is C11H15NO2S. The van der Waals surface area contributed by atoms with Crippen molar-refractivity contribution in [1.29, 1.82) is 0 Å². The van der Waals surface area contributed by atoms with Crippen LogP contribution < -0.4 is 5.73 Å². The summed E-state index contributed by atoms with van der Waals surface area (Å²) in [6.07, 6.45) is 1.27. The molecule has 0 amide bonds. The van der Waals surface area contributed by atoms with Crippen LogP contribution in [0.15, 0.2) is 23.1 Å². The number of aryl methyl sites for hydroxylation is 1. The average Bonchev–Trinajstić information content (AvgIpc) is 2.43. The van der Waals surface area contributed by atoms with Crippen LogP contribution in [0.3, 0.4) is 0 Å². The highest BCUT2D eigenvalue weighted by molar-refractivity contribution is 7.91. The third kappa shape index (κ3) is 1.92. The fourth-order valence-corrected chi connectivity index (χ4v) is 3.90. The van der Waals surface area contributed by atoms with Crippen LogP contribution in [0.25, 0.3) is 0 Å². The van der Waals surface area contributed by atoms with Crippen LogP contribution in [0.5, 0.6) is 0 Å². The lowest BCUT2D eigenvalue weighted by Crippen LogP contribution is -2.19. The van der Waals surface area contributed by atoms with E-state index in [1.54, 1.807) is 0 Å². The highest BCUT2D eigenvalue weighted by atomic mass is 32.2. The minimum Gasteiger partial charge on any atom is -0.328 e. The Morgan fingerprint density at radius 3 is 2.87 bits per heavy atom. The van der Waals surface area contributed by atoms with Crippen molar-refractivity contribution in [2.75, 3.05) is 5.75 Å². The molecule has 0 saturated carbocycles. The zero-order valence-electron chi connectivity index (χ0n) is 8.73. The first-order valence-corrected chi connectivity index (χ1v) is 6.75. The molecule has 1 heterocycles. The van der Waals surface area contributed by atoms with Crippen molar-refractivity contribution in [3.63, 3.8) is 0 Å². The lowest BCUT2D eigenvalue weighted by molar-refractivity contribution is 0.598. The number of hydrogen-bond acceptors (Lipinski definition) is 3. The van der Waals surface area contributed by atoms with Gasteiger partial charge in [-0.3, -0.25) is 0 Å². The molecular weight excluding hydrogens is 210 g/mol. The van der Waals surface area contributed by atoms with Gasteiger partial charge in [0.25, 0.3) is 0 Å². The van der Waals surface area contributed by atoms with Crippen molar-refractivity contribution < 1.29 is 8.42 Å². The van der Waals surface area contributed by atoms with Crippen LogP contribution in [0.1, 0.15) is 18.1 Å². The summed E-state index contributed by atoms with van der Waals surface area (Å²) < 4.78 is 23.6. The van der Waals surface area contributed by atoms with E-state index < -0.39 is 9.84 Å². The van der Waals surface area contributed by atoms with E-state index in [1.807, 2.05) is 25.1 Å². The van der Waals surface area contributed by atoms with Gasteiger partial charge in [-0.15, -0.1) is 0 Å². The van der Waals surface area contributed by atoms with E-state index in [0.29, 0.717) is 17.7 Å². The molecule has 1 atom stereocenters. The van der Waals surface area contributed by atoms with E-state index in [-0.39, 0.29) is 11.8 Å². The number of fused-ring (bicyclic) bond motifs is 1. The van der Waals surface area contributed by atoms with Crippen molar-refractivity contribution in [2.24, 2.45) is 5.73 Å². The second-order valence-electron chi connectivity index (χ2n) is 4.16. The molecule has 1 aromatic carbocycles. The molecule has 0 radical (unpaired) electrons. The van der Waals surface area contributed by atoms with Gasteiger partial charge in [-0.05, 0) is 30.9 Å². The number of sulfone groups is 1. The molecule has 0 saturated heterocycles. The summed E-state index contributed by atoms with van der Waals surface area (Å²) in [5.41, 5.74) is 7.54. The second-order valence-corrected chi connectivity index (χ2v) is 6.20. The highest BCUT2D eigenvalue weighted by Crippen LogP contribution is 2.29. The third-order valence-electron chi connectivity index (χ3n) is 2.67. The Labute approximate surface area is 90.2 Å². The minimum atomic E-state index is -3.04. The Morgan fingerprint density at radius 2 is 2.20 bits per heavy atom. The average molecular weight is 225 g/mol. The van der Waals surface area contributed by atoms with E-state index in [2.05, 4.69) is 0 Å². The molecule has 0 fully saturated rings. The molecule has 0 aliphatic carbocycles. The molecule has 1 aromatic rings. The standard InChI is InChI=1S/C11H15NO2S/c1-8(12)7-10-4-2-3-9-5-6-15(13,14)11(9)10/h2-4,8H,5-7,12H2,1H3. The van der Waals surface area contributed by atoms with Crippen molar-refractivity contribution in [3.05, 3.63) is 29.3 Å². The zero-order chi connectivity index (χ0) is 11.1. The number of benzene rings is 1. The van der Waals surface area contributed by atoms with Crippen LogP contribution in [0, 0.1) is 0 Å². The molecule has 4 heteroatoms. The lowest BCUT2D eigenvalue weighted by atomic mass is 10.0. The smallest absolute Gasteiger partial charge is 0.179 e. The quantitative estimate of drug-likeness (QED) is 0.813. The lowest BCUT2D eigenvalue weighted by Gasteiger charge is -2.09. The molecule has 2 rings (SSSR count). The van der Waals surface area contributed by atoms with Gasteiger partial charge in [0, 0.05) is 6.04 Å². The summed E-state index contributed by atoms with van der Waals surface area (Å²) in [4.78, 5) is 0.544. The van der Waals surface area contributed by atoms with Crippen molar-refractivity contribution in [2.45, 2.75) is 30.7 Å². The van der Waals surface area contributed by atoms with Crippen molar-refractivity contribution in [1.82, 2.24) is 0 Å². The predicted octanol–water partition coefficient (Wildman–Crippen LogP) is 0.906. The van der Waals surface area contributed by atoms with Crippen molar-refractivity contribution in [3.8, 4) is 0 Å². The molecule has 15 heavy (non-hydrogen) atoms. The summed E-state index contributed by atoms with van der Waals surface area (Å²) in [5, 5.41) is 0. The number of hydrogen-bond donors (Lipinski definition) is 1. The zero-order valence-corrected chi connectivity index (χ0v) is 9.55. The monoisotopic (exact) mass is 225 g/mol. The van der Waals surface area contributed by atoms with Crippen molar-refractivity contribution >= 4 is 9.84 Å². The van der Waals surface area contributed by atoms with Gasteiger partial charge >= 0.3 is 0 Å². The second kappa shape index (κ2) is 3.61. The van der Waals surface area contributed by atoms with Crippen LogP contribution in [0.2, 0.25) is 0 Å². The van der Waals surface area contributed by atoms with Gasteiger partial charge in [0.15, 0.2) is 9.84 Å². The summed E-state index contributed by atoms with van der Waals surface area (Å²) >= 11 is 0. The summed E-state index contributed by atoms with van der Waals surface area (Å²) in [6.45, 7) is 1.89. The van der Waals surface area contributed by atoms with Crippen LogP contribution >= 0.6 is 0 Å². The molecule has 0 bridgehead atoms. The first kappa shape index (κ1) is 10.6. The normalized spacial score (nSPS) is 19.9. The summed E-state index contributed by atoms with van der Waals surface area (Å²) in [5.74, 6) is 0.248. The Balaban J connectivity index is 2.55. The Hall–Kier alpha value is -0.870. The van der Waals surface area contributed by atoms with Gasteiger partial charge in [0.2, 0.25) is 0 Å². The maximum atomic E-state index is 11.8. The third-order valence-corrected chi connectivity index (χ3v) is 4.56. The molecule has 0 aromatic heterocycles. The van der Waals surface area contributed by atoms with Gasteiger partial charge in [-0.1, -0.05) is 18.2 Å². The van der Waals surface area contributed by atoms with Gasteiger partial charge in [0.05, 0.1) is 10.6 Å². The Bertz CT molecular complexity index is 477. The van der Waals surface area contributed by atoms with Gasteiger partial charge in [-0.25, -0.2) is 8.42 Å². The molecule has 1 aliphatic heterocycles. The maximum absolute atomic E-state index is 11.8. The fourth-order valence-electron chi connectivity index (χ4n) is 2.09. The number of nitrogens with two attached hydrogens (primary N) is 1. The minimum absolute atomic E-state index is 0.00713. The van der Waals surface area contributed by atoms with Crippen LogP contribution in [0.4, 0.5) is 0 Å². The van der Waals surface area contributed by atoms with Crippen LogP contribution in [-0.4, -0.2) is 20.2 Å². The van der Waals surface area contributed by atoms with Crippen LogP contribution in [-0.2, 0) is 22.7 Å². The Morgan fingerprint density at radius 1 is 1.47 bits per heavy atom. The van der Waals surface area contributed by atoms with E-state index in [4.69, 9.17) is 5.73 Å². The predicted molar refractivity (Wildman–Crippen MR) is 59.6 cm³/mol. The summed E-state index contributed by atoms with van der Waals surface area (Å²) in [6, 6.07) is 5.67. The molecule has 1 unspecified atom stereocenters. The maximum Gasteiger partial charge on any atom is 0.179 e. The van der Waals surface area contributed by atoms with Gasteiger partial charge in [-0.2, -0.15) is 0 Å². The molecule has 0 spiro atoms. The molecule has 2 N–H and O–H groups in total. The van der Waals surface area contributed by atoms with E-state index in [9.17, 15) is 8.42 Å². The highest BCUT2D eigenvalue weighted by Gasteiger charge is 2.28. The fraction of sp³-hybridized carbons (Fsp3) is 0.455. The SMILES string of the molecule is CC(N)Cc1cccc2c1S(=O)(=O)CC2. The number of rotatable bonds is 2. The molecule has 1 aliphatic rings. The van der Waals surface area contributed by atoms with Gasteiger partial charge < -0.3 is 5.73 Å². The van der Waals surface area contributed by atoms with Gasteiger partial charge in [0.1, 0.15) is 0 Å². The first-order valence-electron chi connectivity index (χ1n) is 5.10. The van der Waals surface area contributed by atoms with E-state index >= 15 is 0 Å². The largest absolute Gasteiger partial charge is 0.328 e.